The van der Waals surface area contributed by atoms with Crippen LogP contribution in [0.2, 0.25) is 0 Å². The largest absolute Gasteiger partial charge is 0.482 e. The van der Waals surface area contributed by atoms with E-state index >= 15 is 0 Å². The molecule has 0 aromatic heterocycles. The quantitative estimate of drug-likeness (QED) is 0.760. The molecular weight excluding hydrogens is 300 g/mol. The minimum Gasteiger partial charge on any atom is -0.482 e. The number of hydrogen-bond acceptors (Lipinski definition) is 5. The molecule has 2 aliphatic rings. The molecule has 3 rings (SSSR count). The molecule has 0 radical (unpaired) electrons. The minimum atomic E-state index is -1.17. The van der Waals surface area contributed by atoms with Gasteiger partial charge in [0.1, 0.15) is 5.75 Å². The Labute approximate surface area is 134 Å². The number of nitrogens with zero attached hydrogens (tertiary/aromatic N) is 2. The summed E-state index contributed by atoms with van der Waals surface area (Å²) in [7, 11) is 1.64. The zero-order valence-electron chi connectivity index (χ0n) is 13.2. The number of anilines is 1. The lowest BCUT2D eigenvalue weighted by atomic mass is 9.90. The number of aliphatic hydroxyl groups excluding tert-OH is 1. The number of rotatable bonds is 1. The van der Waals surface area contributed by atoms with Crippen molar-refractivity contribution >= 4 is 17.5 Å². The molecule has 1 aromatic carbocycles. The molecule has 124 valence electrons. The zero-order valence-corrected chi connectivity index (χ0v) is 13.2. The first-order chi connectivity index (χ1) is 10.8. The number of carbonyl (C=O) groups is 2. The van der Waals surface area contributed by atoms with Gasteiger partial charge in [0.15, 0.2) is 6.61 Å². The summed E-state index contributed by atoms with van der Waals surface area (Å²) in [5, 5.41) is 19.9. The van der Waals surface area contributed by atoms with Gasteiger partial charge < -0.3 is 24.7 Å². The Balaban J connectivity index is 1.83. The lowest BCUT2D eigenvalue weighted by Crippen LogP contribution is -2.55. The van der Waals surface area contributed by atoms with Crippen molar-refractivity contribution in [1.82, 2.24) is 4.90 Å². The standard InChI is InChI=1S/C16H20N2O5/c1-16(22)5-6-18(8-13(16)19)15(21)10-3-4-12-11(7-10)17(2)14(20)9-23-12/h3-4,7,13,19,22H,5-6,8-9H2,1-2H3/t13-,16-/m1/s1. The van der Waals surface area contributed by atoms with Crippen molar-refractivity contribution in [2.45, 2.75) is 25.0 Å². The van der Waals surface area contributed by atoms with Gasteiger partial charge in [0.2, 0.25) is 0 Å². The van der Waals surface area contributed by atoms with Crippen LogP contribution in [-0.4, -0.2) is 65.4 Å². The molecule has 7 nitrogen and oxygen atoms in total. The molecule has 0 spiro atoms. The summed E-state index contributed by atoms with van der Waals surface area (Å²) in [5.74, 6) is 0.144. The summed E-state index contributed by atoms with van der Waals surface area (Å²) in [6.45, 7) is 2.00. The van der Waals surface area contributed by atoms with Crippen LogP contribution in [0.3, 0.4) is 0 Å². The fraction of sp³-hybridized carbons (Fsp3) is 0.500. The molecule has 23 heavy (non-hydrogen) atoms. The van der Waals surface area contributed by atoms with Gasteiger partial charge in [-0.2, -0.15) is 0 Å². The maximum absolute atomic E-state index is 12.6. The second-order valence-electron chi connectivity index (χ2n) is 6.30. The van der Waals surface area contributed by atoms with Crippen molar-refractivity contribution in [3.8, 4) is 5.75 Å². The molecule has 2 atom stereocenters. The summed E-state index contributed by atoms with van der Waals surface area (Å²) >= 11 is 0. The molecule has 1 aromatic rings. The Hall–Kier alpha value is -2.12. The third-order valence-corrected chi connectivity index (χ3v) is 4.58. The molecule has 0 aliphatic carbocycles. The van der Waals surface area contributed by atoms with Crippen LogP contribution >= 0.6 is 0 Å². The number of amides is 2. The number of benzene rings is 1. The van der Waals surface area contributed by atoms with Crippen LogP contribution in [0.25, 0.3) is 0 Å². The first kappa shape index (κ1) is 15.8. The molecule has 7 heteroatoms. The Morgan fingerprint density at radius 1 is 1.43 bits per heavy atom. The number of likely N-dealkylation sites (N-methyl/N-ethyl adjacent to an activating group) is 1. The average molecular weight is 320 g/mol. The molecule has 1 fully saturated rings. The lowest BCUT2D eigenvalue weighted by Gasteiger charge is -2.40. The van der Waals surface area contributed by atoms with Crippen LogP contribution in [0, 0.1) is 0 Å². The van der Waals surface area contributed by atoms with Crippen molar-refractivity contribution in [2.24, 2.45) is 0 Å². The van der Waals surface area contributed by atoms with Crippen LogP contribution < -0.4 is 9.64 Å². The smallest absolute Gasteiger partial charge is 0.264 e. The van der Waals surface area contributed by atoms with Gasteiger partial charge in [0.25, 0.3) is 11.8 Å². The predicted molar refractivity (Wildman–Crippen MR) is 82.5 cm³/mol. The van der Waals surface area contributed by atoms with E-state index in [1.165, 1.54) is 9.80 Å². The summed E-state index contributed by atoms with van der Waals surface area (Å²) in [6.07, 6.45) is -0.669. The lowest BCUT2D eigenvalue weighted by molar-refractivity contribution is -0.121. The molecule has 0 bridgehead atoms. The van der Waals surface area contributed by atoms with Crippen LogP contribution in [0.15, 0.2) is 18.2 Å². The van der Waals surface area contributed by atoms with Crippen molar-refractivity contribution in [3.05, 3.63) is 23.8 Å². The van der Waals surface area contributed by atoms with Gasteiger partial charge in [-0.25, -0.2) is 0 Å². The number of hydrogen-bond donors (Lipinski definition) is 2. The number of aliphatic hydroxyl groups is 2. The Bertz CT molecular complexity index is 658. The van der Waals surface area contributed by atoms with E-state index in [9.17, 15) is 19.8 Å². The van der Waals surface area contributed by atoms with Gasteiger partial charge in [-0.05, 0) is 31.5 Å². The highest BCUT2D eigenvalue weighted by Gasteiger charge is 2.38. The van der Waals surface area contributed by atoms with E-state index in [0.29, 0.717) is 30.0 Å². The van der Waals surface area contributed by atoms with Crippen molar-refractivity contribution in [1.29, 1.82) is 0 Å². The molecular formula is C16H20N2O5. The van der Waals surface area contributed by atoms with Gasteiger partial charge in [0, 0.05) is 25.7 Å². The summed E-state index contributed by atoms with van der Waals surface area (Å²) in [6, 6.07) is 4.93. The second kappa shape index (κ2) is 5.50. The van der Waals surface area contributed by atoms with Crippen LogP contribution in [0.5, 0.6) is 5.75 Å². The summed E-state index contributed by atoms with van der Waals surface area (Å²) in [4.78, 5) is 27.3. The number of fused-ring (bicyclic) bond motifs is 1. The van der Waals surface area contributed by atoms with Crippen LogP contribution in [-0.2, 0) is 4.79 Å². The van der Waals surface area contributed by atoms with Gasteiger partial charge in [-0.1, -0.05) is 0 Å². The summed E-state index contributed by atoms with van der Waals surface area (Å²) in [5.41, 5.74) is -0.202. The van der Waals surface area contributed by atoms with Gasteiger partial charge >= 0.3 is 0 Å². The SMILES string of the molecule is CN1C(=O)COc2ccc(C(=O)N3CC[C@@](C)(O)[C@H](O)C3)cc21. The van der Waals surface area contributed by atoms with Crippen molar-refractivity contribution in [2.75, 3.05) is 31.6 Å². The fourth-order valence-electron chi connectivity index (χ4n) is 2.80. The van der Waals surface area contributed by atoms with E-state index < -0.39 is 11.7 Å². The number of piperidine rings is 1. The molecule has 0 saturated carbocycles. The normalized spacial score (nSPS) is 27.5. The molecule has 2 N–H and O–H groups in total. The topological polar surface area (TPSA) is 90.3 Å². The summed E-state index contributed by atoms with van der Waals surface area (Å²) < 4.78 is 5.34. The molecule has 2 heterocycles. The number of ether oxygens (including phenoxy) is 1. The fourth-order valence-corrected chi connectivity index (χ4v) is 2.80. The Morgan fingerprint density at radius 3 is 2.87 bits per heavy atom. The van der Waals surface area contributed by atoms with Gasteiger partial charge in [0.05, 0.1) is 17.4 Å². The van der Waals surface area contributed by atoms with Crippen LogP contribution in [0.1, 0.15) is 23.7 Å². The Kier molecular flexibility index (Phi) is 3.77. The molecule has 2 aliphatic heterocycles. The highest BCUT2D eigenvalue weighted by molar-refractivity contribution is 6.01. The van der Waals surface area contributed by atoms with Crippen molar-refractivity contribution < 1.29 is 24.5 Å². The van der Waals surface area contributed by atoms with Crippen molar-refractivity contribution in [3.63, 3.8) is 0 Å². The minimum absolute atomic E-state index is 0.00973. The third kappa shape index (κ3) is 2.77. The predicted octanol–water partition coefficient (Wildman–Crippen LogP) is -0.000400. The van der Waals surface area contributed by atoms with Gasteiger partial charge in [-0.3, -0.25) is 9.59 Å². The maximum atomic E-state index is 12.6. The van der Waals surface area contributed by atoms with E-state index in [0.717, 1.165) is 0 Å². The van der Waals surface area contributed by atoms with E-state index in [-0.39, 0.29) is 25.0 Å². The average Bonchev–Trinajstić information content (AvgIpc) is 2.53. The first-order valence-electron chi connectivity index (χ1n) is 7.53. The number of carbonyl (C=O) groups excluding carboxylic acids is 2. The Morgan fingerprint density at radius 2 is 2.17 bits per heavy atom. The van der Waals surface area contributed by atoms with E-state index in [4.69, 9.17) is 4.74 Å². The molecule has 0 unspecified atom stereocenters. The molecule has 2 amide bonds. The number of β-amino-alcohol motifs (C(OH)–C–C–N with tert-alkyl or cyclic N) is 1. The van der Waals surface area contributed by atoms with E-state index in [1.54, 1.807) is 32.2 Å². The monoisotopic (exact) mass is 320 g/mol. The maximum Gasteiger partial charge on any atom is 0.264 e. The zero-order chi connectivity index (χ0) is 16.8. The molecule has 1 saturated heterocycles. The third-order valence-electron chi connectivity index (χ3n) is 4.58. The van der Waals surface area contributed by atoms with E-state index in [2.05, 4.69) is 0 Å². The highest BCUT2D eigenvalue weighted by atomic mass is 16.5. The second-order valence-corrected chi connectivity index (χ2v) is 6.30. The highest BCUT2D eigenvalue weighted by Crippen LogP contribution is 2.32. The van der Waals surface area contributed by atoms with E-state index in [1.807, 2.05) is 0 Å². The van der Waals surface area contributed by atoms with Gasteiger partial charge in [-0.15, -0.1) is 0 Å². The first-order valence-corrected chi connectivity index (χ1v) is 7.53. The number of likely N-dealkylation sites (tertiary alicyclic amines) is 1. The van der Waals surface area contributed by atoms with Crippen LogP contribution in [0.4, 0.5) is 5.69 Å².